The third kappa shape index (κ3) is 3.25. The number of nitrogens with one attached hydrogen (secondary N) is 1. The fraction of sp³-hybridized carbons (Fsp3) is 0.625. The van der Waals surface area contributed by atoms with Crippen LogP contribution in [0.25, 0.3) is 0 Å². The number of hydrogen-bond acceptors (Lipinski definition) is 4. The van der Waals surface area contributed by atoms with E-state index >= 15 is 0 Å². The molecule has 0 radical (unpaired) electrons. The van der Waals surface area contributed by atoms with Gasteiger partial charge in [-0.3, -0.25) is 0 Å². The van der Waals surface area contributed by atoms with E-state index in [2.05, 4.69) is 38.2 Å². The van der Waals surface area contributed by atoms with Gasteiger partial charge in [-0.1, -0.05) is 13.8 Å². The van der Waals surface area contributed by atoms with Crippen LogP contribution in [0.1, 0.15) is 31.9 Å². The fourth-order valence-corrected chi connectivity index (χ4v) is 2.56. The maximum Gasteiger partial charge on any atom is 0.123 e. The second-order valence-electron chi connectivity index (χ2n) is 5.82. The topological polar surface area (TPSA) is 50.7 Å². The Bertz CT molecular complexity index is 459. The van der Waals surface area contributed by atoms with E-state index in [1.807, 2.05) is 0 Å². The number of fused-ring (bicyclic) bond motifs is 1. The van der Waals surface area contributed by atoms with Crippen LogP contribution in [0.15, 0.2) is 12.1 Å². The Hall–Kier alpha value is -1.26. The van der Waals surface area contributed by atoms with Gasteiger partial charge in [0.2, 0.25) is 0 Å². The first-order chi connectivity index (χ1) is 9.55. The van der Waals surface area contributed by atoms with Crippen LogP contribution in [-0.4, -0.2) is 31.0 Å². The SMILES string of the molecule is COc1cc2c(cc1CNC(CO)C(C)C)OC(C)C2. The van der Waals surface area contributed by atoms with Crippen molar-refractivity contribution < 1.29 is 14.6 Å². The Morgan fingerprint density at radius 2 is 2.20 bits per heavy atom. The molecule has 2 N–H and O–H groups in total. The molecule has 0 bridgehead atoms. The van der Waals surface area contributed by atoms with E-state index < -0.39 is 0 Å². The Morgan fingerprint density at radius 1 is 1.45 bits per heavy atom. The van der Waals surface area contributed by atoms with Crippen LogP contribution in [0.5, 0.6) is 11.5 Å². The second-order valence-corrected chi connectivity index (χ2v) is 5.82. The summed E-state index contributed by atoms with van der Waals surface area (Å²) in [6.07, 6.45) is 1.17. The molecule has 1 aromatic rings. The lowest BCUT2D eigenvalue weighted by molar-refractivity contribution is 0.209. The number of aliphatic hydroxyl groups excluding tert-OH is 1. The smallest absolute Gasteiger partial charge is 0.123 e. The van der Waals surface area contributed by atoms with Crippen LogP contribution in [0.4, 0.5) is 0 Å². The zero-order valence-electron chi connectivity index (χ0n) is 12.8. The Kier molecular flexibility index (Phi) is 4.89. The highest BCUT2D eigenvalue weighted by Crippen LogP contribution is 2.34. The summed E-state index contributed by atoms with van der Waals surface area (Å²) in [5, 5.41) is 12.7. The van der Waals surface area contributed by atoms with E-state index in [1.165, 1.54) is 5.56 Å². The van der Waals surface area contributed by atoms with Gasteiger partial charge in [-0.15, -0.1) is 0 Å². The Morgan fingerprint density at radius 3 is 2.80 bits per heavy atom. The minimum Gasteiger partial charge on any atom is -0.496 e. The Balaban J connectivity index is 2.13. The highest BCUT2D eigenvalue weighted by Gasteiger charge is 2.22. The second kappa shape index (κ2) is 6.46. The zero-order valence-corrected chi connectivity index (χ0v) is 12.8. The van der Waals surface area contributed by atoms with E-state index in [9.17, 15) is 5.11 Å². The van der Waals surface area contributed by atoms with Crippen LogP contribution in [-0.2, 0) is 13.0 Å². The lowest BCUT2D eigenvalue weighted by Gasteiger charge is -2.21. The molecule has 4 heteroatoms. The van der Waals surface area contributed by atoms with Gasteiger partial charge in [0, 0.05) is 30.1 Å². The lowest BCUT2D eigenvalue weighted by Crippen LogP contribution is -2.36. The van der Waals surface area contributed by atoms with Gasteiger partial charge in [-0.2, -0.15) is 0 Å². The predicted octanol–water partition coefficient (Wildman–Crippen LogP) is 2.13. The molecule has 0 spiro atoms. The van der Waals surface area contributed by atoms with Crippen LogP contribution < -0.4 is 14.8 Å². The van der Waals surface area contributed by atoms with Crippen molar-refractivity contribution in [2.24, 2.45) is 5.92 Å². The third-order valence-corrected chi connectivity index (χ3v) is 3.86. The number of methoxy groups -OCH3 is 1. The molecular formula is C16H25NO3. The maximum absolute atomic E-state index is 9.37. The molecule has 1 aromatic carbocycles. The van der Waals surface area contributed by atoms with E-state index in [1.54, 1.807) is 7.11 Å². The summed E-state index contributed by atoms with van der Waals surface area (Å²) in [4.78, 5) is 0. The van der Waals surface area contributed by atoms with Crippen molar-refractivity contribution in [1.82, 2.24) is 5.32 Å². The summed E-state index contributed by atoms with van der Waals surface area (Å²) < 4.78 is 11.3. The van der Waals surface area contributed by atoms with Gasteiger partial charge in [0.05, 0.1) is 13.7 Å². The van der Waals surface area contributed by atoms with E-state index in [0.29, 0.717) is 12.5 Å². The first-order valence-corrected chi connectivity index (χ1v) is 7.25. The number of rotatable bonds is 6. The van der Waals surface area contributed by atoms with Gasteiger partial charge >= 0.3 is 0 Å². The average molecular weight is 279 g/mol. The number of hydrogen-bond donors (Lipinski definition) is 2. The minimum atomic E-state index is 0.0906. The summed E-state index contributed by atoms with van der Waals surface area (Å²) in [7, 11) is 1.69. The molecule has 1 heterocycles. The van der Waals surface area contributed by atoms with Crippen molar-refractivity contribution in [1.29, 1.82) is 0 Å². The summed E-state index contributed by atoms with van der Waals surface area (Å²) in [5.41, 5.74) is 2.28. The molecule has 4 nitrogen and oxygen atoms in total. The van der Waals surface area contributed by atoms with E-state index in [4.69, 9.17) is 9.47 Å². The highest BCUT2D eigenvalue weighted by molar-refractivity contribution is 5.48. The van der Waals surface area contributed by atoms with Crippen molar-refractivity contribution in [2.45, 2.75) is 45.9 Å². The third-order valence-electron chi connectivity index (χ3n) is 3.86. The van der Waals surface area contributed by atoms with Gasteiger partial charge in [-0.25, -0.2) is 0 Å². The molecule has 112 valence electrons. The molecule has 1 aliphatic heterocycles. The van der Waals surface area contributed by atoms with Crippen LogP contribution in [0.2, 0.25) is 0 Å². The lowest BCUT2D eigenvalue weighted by atomic mass is 10.0. The summed E-state index contributed by atoms with van der Waals surface area (Å²) in [6.45, 7) is 7.07. The minimum absolute atomic E-state index is 0.0906. The van der Waals surface area contributed by atoms with E-state index in [-0.39, 0.29) is 18.8 Å². The standard InChI is InChI=1S/C16H25NO3/c1-10(2)14(9-18)17-8-13-7-16-12(5-11(3)20-16)6-15(13)19-4/h6-7,10-11,14,17-18H,5,8-9H2,1-4H3. The largest absolute Gasteiger partial charge is 0.496 e. The summed E-state index contributed by atoms with van der Waals surface area (Å²) >= 11 is 0. The average Bonchev–Trinajstić information content (AvgIpc) is 2.77. The maximum atomic E-state index is 9.37. The molecule has 20 heavy (non-hydrogen) atoms. The van der Waals surface area contributed by atoms with Crippen LogP contribution in [0, 0.1) is 5.92 Å². The van der Waals surface area contributed by atoms with Gasteiger partial charge in [-0.05, 0) is 25.0 Å². The van der Waals surface area contributed by atoms with Crippen molar-refractivity contribution in [2.75, 3.05) is 13.7 Å². The normalized spacial score (nSPS) is 18.8. The molecule has 0 amide bonds. The van der Waals surface area contributed by atoms with Crippen molar-refractivity contribution in [3.63, 3.8) is 0 Å². The predicted molar refractivity (Wildman–Crippen MR) is 79.3 cm³/mol. The van der Waals surface area contributed by atoms with E-state index in [0.717, 1.165) is 23.5 Å². The van der Waals surface area contributed by atoms with Crippen LogP contribution >= 0.6 is 0 Å². The highest BCUT2D eigenvalue weighted by atomic mass is 16.5. The Labute approximate surface area is 121 Å². The molecule has 0 aliphatic carbocycles. The molecule has 0 saturated carbocycles. The van der Waals surface area contributed by atoms with Gasteiger partial charge in [0.15, 0.2) is 0 Å². The van der Waals surface area contributed by atoms with Gasteiger partial charge in [0.1, 0.15) is 17.6 Å². The quantitative estimate of drug-likeness (QED) is 0.837. The number of ether oxygens (including phenoxy) is 2. The molecule has 2 rings (SSSR count). The molecular weight excluding hydrogens is 254 g/mol. The first kappa shape index (κ1) is 15.1. The first-order valence-electron chi connectivity index (χ1n) is 7.25. The van der Waals surface area contributed by atoms with Crippen LogP contribution in [0.3, 0.4) is 0 Å². The molecule has 0 saturated heterocycles. The van der Waals surface area contributed by atoms with Crippen molar-refractivity contribution in [3.8, 4) is 11.5 Å². The molecule has 2 atom stereocenters. The number of aliphatic hydroxyl groups is 1. The van der Waals surface area contributed by atoms with Crippen molar-refractivity contribution >= 4 is 0 Å². The number of benzene rings is 1. The van der Waals surface area contributed by atoms with Gasteiger partial charge in [0.25, 0.3) is 0 Å². The fourth-order valence-electron chi connectivity index (χ4n) is 2.56. The van der Waals surface area contributed by atoms with Gasteiger partial charge < -0.3 is 19.9 Å². The zero-order chi connectivity index (χ0) is 14.7. The summed E-state index contributed by atoms with van der Waals surface area (Å²) in [6, 6.07) is 4.21. The van der Waals surface area contributed by atoms with Crippen molar-refractivity contribution in [3.05, 3.63) is 23.3 Å². The molecule has 0 fully saturated rings. The summed E-state index contributed by atoms with van der Waals surface area (Å²) in [5.74, 6) is 2.23. The monoisotopic (exact) mass is 279 g/mol. The molecule has 2 unspecified atom stereocenters. The molecule has 1 aliphatic rings. The molecule has 0 aromatic heterocycles.